The number of hydrogen-bond donors (Lipinski definition) is 1. The Labute approximate surface area is 165 Å². The van der Waals surface area contributed by atoms with Crippen LogP contribution in [0.15, 0.2) is 42.6 Å². The summed E-state index contributed by atoms with van der Waals surface area (Å²) in [7, 11) is 0. The molecule has 27 heavy (non-hydrogen) atoms. The van der Waals surface area contributed by atoms with Crippen LogP contribution in [0.3, 0.4) is 0 Å². The van der Waals surface area contributed by atoms with Crippen LogP contribution in [-0.4, -0.2) is 27.9 Å². The van der Waals surface area contributed by atoms with E-state index in [0.29, 0.717) is 27.2 Å². The van der Waals surface area contributed by atoms with E-state index < -0.39 is 18.0 Å². The molecule has 8 heteroatoms. The van der Waals surface area contributed by atoms with E-state index in [-0.39, 0.29) is 10.8 Å². The average Bonchev–Trinajstić information content (AvgIpc) is 2.63. The summed E-state index contributed by atoms with van der Waals surface area (Å²) in [6.45, 7) is 3.25. The first kappa shape index (κ1) is 19.1. The number of pyridine rings is 2. The van der Waals surface area contributed by atoms with Gasteiger partial charge >= 0.3 is 5.97 Å². The molecule has 0 aliphatic heterocycles. The molecular formula is C19H15Cl2N3O3. The maximum absolute atomic E-state index is 12.6. The molecule has 0 saturated carbocycles. The Kier molecular flexibility index (Phi) is 5.58. The number of anilines is 1. The zero-order chi connectivity index (χ0) is 19.6. The van der Waals surface area contributed by atoms with Gasteiger partial charge in [-0.25, -0.2) is 9.78 Å². The van der Waals surface area contributed by atoms with Gasteiger partial charge in [0, 0.05) is 17.3 Å². The van der Waals surface area contributed by atoms with Crippen molar-refractivity contribution in [2.45, 2.75) is 20.0 Å². The van der Waals surface area contributed by atoms with Crippen LogP contribution in [0.1, 0.15) is 23.0 Å². The Hall–Kier alpha value is -2.70. The third kappa shape index (κ3) is 4.35. The van der Waals surface area contributed by atoms with Crippen molar-refractivity contribution in [2.75, 3.05) is 5.32 Å². The van der Waals surface area contributed by atoms with Gasteiger partial charge in [-0.05, 0) is 32.0 Å². The molecule has 0 aliphatic carbocycles. The number of halogens is 2. The molecule has 0 radical (unpaired) electrons. The lowest BCUT2D eigenvalue weighted by molar-refractivity contribution is -0.123. The van der Waals surface area contributed by atoms with Crippen LogP contribution in [0.4, 0.5) is 5.82 Å². The number of nitrogens with zero attached hydrogens (tertiary/aromatic N) is 2. The van der Waals surface area contributed by atoms with Crippen LogP contribution >= 0.6 is 23.2 Å². The van der Waals surface area contributed by atoms with E-state index >= 15 is 0 Å². The highest BCUT2D eigenvalue weighted by Gasteiger charge is 2.22. The Morgan fingerprint density at radius 1 is 1.19 bits per heavy atom. The number of carbonyl (C=O) groups is 2. The second-order valence-electron chi connectivity index (χ2n) is 5.85. The molecule has 0 aliphatic rings. The molecule has 3 rings (SSSR count). The number of fused-ring (bicyclic) bond motifs is 1. The number of rotatable bonds is 4. The molecule has 1 atom stereocenters. The summed E-state index contributed by atoms with van der Waals surface area (Å²) in [4.78, 5) is 33.2. The molecule has 2 aromatic heterocycles. The first-order valence-corrected chi connectivity index (χ1v) is 8.80. The van der Waals surface area contributed by atoms with Gasteiger partial charge in [0.2, 0.25) is 0 Å². The topological polar surface area (TPSA) is 81.2 Å². The summed E-state index contributed by atoms with van der Waals surface area (Å²) in [5.41, 5.74) is 1.70. The number of carbonyl (C=O) groups excluding carboxylic acids is 2. The van der Waals surface area contributed by atoms with Gasteiger partial charge in [-0.1, -0.05) is 41.4 Å². The Morgan fingerprint density at radius 2 is 1.93 bits per heavy atom. The number of esters is 1. The maximum Gasteiger partial charge on any atom is 0.339 e. The SMILES string of the molecule is Cc1cc(C(=O)O[C@H](C)C(=O)Nc2ncc(Cl)cc2Cl)c2ccccc2n1. The fraction of sp³-hybridized carbons (Fsp3) is 0.158. The first-order valence-electron chi connectivity index (χ1n) is 8.04. The van der Waals surface area contributed by atoms with Crippen molar-refractivity contribution in [2.24, 2.45) is 0 Å². The summed E-state index contributed by atoms with van der Waals surface area (Å²) < 4.78 is 5.32. The number of ether oxygens (including phenoxy) is 1. The number of benzene rings is 1. The quantitative estimate of drug-likeness (QED) is 0.651. The number of amides is 1. The van der Waals surface area contributed by atoms with Gasteiger partial charge in [0.1, 0.15) is 0 Å². The average molecular weight is 404 g/mol. The summed E-state index contributed by atoms with van der Waals surface area (Å²) in [6, 6.07) is 10.3. The lowest BCUT2D eigenvalue weighted by Crippen LogP contribution is -2.30. The van der Waals surface area contributed by atoms with Gasteiger partial charge in [0.05, 0.1) is 21.1 Å². The number of para-hydroxylation sites is 1. The zero-order valence-electron chi connectivity index (χ0n) is 14.5. The van der Waals surface area contributed by atoms with Crippen molar-refractivity contribution in [3.05, 3.63) is 63.9 Å². The maximum atomic E-state index is 12.6. The molecule has 1 amide bonds. The van der Waals surface area contributed by atoms with Crippen molar-refractivity contribution in [3.8, 4) is 0 Å². The highest BCUT2D eigenvalue weighted by molar-refractivity contribution is 6.36. The smallest absolute Gasteiger partial charge is 0.339 e. The van der Waals surface area contributed by atoms with Crippen molar-refractivity contribution in [1.29, 1.82) is 0 Å². The molecule has 3 aromatic rings. The summed E-state index contributed by atoms with van der Waals surface area (Å²) in [5, 5.41) is 3.70. The van der Waals surface area contributed by atoms with Gasteiger partial charge in [-0.2, -0.15) is 0 Å². The van der Waals surface area contributed by atoms with Gasteiger partial charge in [-0.15, -0.1) is 0 Å². The van der Waals surface area contributed by atoms with Crippen LogP contribution in [0.2, 0.25) is 10.0 Å². The van der Waals surface area contributed by atoms with Crippen LogP contribution in [-0.2, 0) is 9.53 Å². The summed E-state index contributed by atoms with van der Waals surface area (Å²) in [5.74, 6) is -1.04. The molecule has 0 saturated heterocycles. The van der Waals surface area contributed by atoms with E-state index in [1.54, 1.807) is 25.1 Å². The van der Waals surface area contributed by atoms with Gasteiger partial charge in [0.25, 0.3) is 5.91 Å². The van der Waals surface area contributed by atoms with E-state index in [2.05, 4.69) is 15.3 Å². The molecule has 6 nitrogen and oxygen atoms in total. The Balaban J connectivity index is 1.77. The number of aryl methyl sites for hydroxylation is 1. The number of hydrogen-bond acceptors (Lipinski definition) is 5. The van der Waals surface area contributed by atoms with Crippen molar-refractivity contribution in [3.63, 3.8) is 0 Å². The zero-order valence-corrected chi connectivity index (χ0v) is 16.0. The Bertz CT molecular complexity index is 1040. The number of aromatic nitrogens is 2. The fourth-order valence-corrected chi connectivity index (χ4v) is 2.91. The minimum absolute atomic E-state index is 0.138. The minimum atomic E-state index is -1.06. The largest absolute Gasteiger partial charge is 0.449 e. The van der Waals surface area contributed by atoms with E-state index in [4.69, 9.17) is 27.9 Å². The predicted molar refractivity (Wildman–Crippen MR) is 104 cm³/mol. The third-order valence-corrected chi connectivity index (χ3v) is 4.26. The molecule has 0 spiro atoms. The van der Waals surface area contributed by atoms with E-state index in [1.807, 2.05) is 12.1 Å². The lowest BCUT2D eigenvalue weighted by Gasteiger charge is -2.15. The fourth-order valence-electron chi connectivity index (χ4n) is 2.48. The molecule has 2 heterocycles. The normalized spacial score (nSPS) is 11.9. The molecule has 0 fully saturated rings. The van der Waals surface area contributed by atoms with Crippen molar-refractivity contribution in [1.82, 2.24) is 9.97 Å². The molecule has 1 aromatic carbocycles. The Morgan fingerprint density at radius 3 is 2.67 bits per heavy atom. The highest BCUT2D eigenvalue weighted by Crippen LogP contribution is 2.23. The standard InChI is InChI=1S/C19H15Cl2N3O3/c1-10-7-14(13-5-3-4-6-16(13)23-10)19(26)27-11(2)18(25)24-17-15(21)8-12(20)9-22-17/h3-9,11H,1-2H3,(H,22,24,25)/t11-/m1/s1. The minimum Gasteiger partial charge on any atom is -0.449 e. The third-order valence-electron chi connectivity index (χ3n) is 3.77. The highest BCUT2D eigenvalue weighted by atomic mass is 35.5. The molecular weight excluding hydrogens is 389 g/mol. The van der Waals surface area contributed by atoms with Gasteiger partial charge in [-0.3, -0.25) is 9.78 Å². The molecule has 138 valence electrons. The van der Waals surface area contributed by atoms with E-state index in [9.17, 15) is 9.59 Å². The van der Waals surface area contributed by atoms with Crippen LogP contribution in [0.5, 0.6) is 0 Å². The number of nitrogens with one attached hydrogen (secondary N) is 1. The summed E-state index contributed by atoms with van der Waals surface area (Å²) in [6.07, 6.45) is 0.296. The summed E-state index contributed by atoms with van der Waals surface area (Å²) >= 11 is 11.8. The second-order valence-corrected chi connectivity index (χ2v) is 6.69. The van der Waals surface area contributed by atoms with E-state index in [0.717, 1.165) is 0 Å². The predicted octanol–water partition coefficient (Wildman–Crippen LogP) is 4.43. The monoisotopic (exact) mass is 403 g/mol. The van der Waals surface area contributed by atoms with Gasteiger partial charge in [0.15, 0.2) is 11.9 Å². The molecule has 0 bridgehead atoms. The van der Waals surface area contributed by atoms with E-state index in [1.165, 1.54) is 19.2 Å². The molecule has 0 unspecified atom stereocenters. The van der Waals surface area contributed by atoms with Crippen molar-refractivity contribution < 1.29 is 14.3 Å². The first-order chi connectivity index (χ1) is 12.8. The van der Waals surface area contributed by atoms with Crippen LogP contribution in [0.25, 0.3) is 10.9 Å². The van der Waals surface area contributed by atoms with Crippen LogP contribution in [0, 0.1) is 6.92 Å². The molecule has 1 N–H and O–H groups in total. The van der Waals surface area contributed by atoms with Crippen LogP contribution < -0.4 is 5.32 Å². The van der Waals surface area contributed by atoms with Crippen molar-refractivity contribution >= 4 is 51.8 Å². The lowest BCUT2D eigenvalue weighted by atomic mass is 10.1. The second kappa shape index (κ2) is 7.90. The van der Waals surface area contributed by atoms with Gasteiger partial charge < -0.3 is 10.1 Å².